The average Bonchev–Trinajstić information content (AvgIpc) is 2.92. The van der Waals surface area contributed by atoms with Gasteiger partial charge in [-0.2, -0.15) is 0 Å². The van der Waals surface area contributed by atoms with E-state index in [-0.39, 0.29) is 38.7 Å². The highest BCUT2D eigenvalue weighted by Crippen LogP contribution is 2.35. The van der Waals surface area contributed by atoms with Crippen molar-refractivity contribution in [2.75, 3.05) is 19.0 Å². The number of hydrogen-bond acceptors (Lipinski definition) is 5. The molecule has 1 aromatic carbocycles. The Labute approximate surface area is 164 Å². The third-order valence-electron chi connectivity index (χ3n) is 3.48. The molecule has 0 radical (unpaired) electrons. The number of ether oxygens (including phenoxy) is 1. The number of esters is 1. The van der Waals surface area contributed by atoms with Gasteiger partial charge in [0.2, 0.25) is 0 Å². The van der Waals surface area contributed by atoms with Gasteiger partial charge in [-0.05, 0) is 31.5 Å². The number of halogens is 2. The minimum atomic E-state index is -0.621. The van der Waals surface area contributed by atoms with E-state index < -0.39 is 11.9 Å². The van der Waals surface area contributed by atoms with Crippen LogP contribution in [0.3, 0.4) is 0 Å². The van der Waals surface area contributed by atoms with Gasteiger partial charge in [-0.15, -0.1) is 11.3 Å². The Balaban J connectivity index is 2.47. The van der Waals surface area contributed by atoms with E-state index in [4.69, 9.17) is 27.9 Å². The molecule has 138 valence electrons. The standard InChI is InChI=1S/C17H16Cl2N2O4S/c1-4-25-17(24)11-8(2)13(15(23)20-3)26-16(11)21-14(22)9-6-5-7-10(18)12(9)19/h5-7H,4H2,1-3H3,(H,20,23)(H,21,22). The molecule has 9 heteroatoms. The Bertz CT molecular complexity index is 880. The van der Waals surface area contributed by atoms with E-state index in [0.29, 0.717) is 10.4 Å². The van der Waals surface area contributed by atoms with Gasteiger partial charge in [0.15, 0.2) is 0 Å². The van der Waals surface area contributed by atoms with E-state index in [1.165, 1.54) is 13.1 Å². The molecule has 2 amide bonds. The zero-order valence-electron chi connectivity index (χ0n) is 14.2. The number of anilines is 1. The summed E-state index contributed by atoms with van der Waals surface area (Å²) in [6.45, 7) is 3.45. The molecular formula is C17H16Cl2N2O4S. The Kier molecular flexibility index (Phi) is 6.63. The summed E-state index contributed by atoms with van der Waals surface area (Å²) in [5.74, 6) is -1.53. The van der Waals surface area contributed by atoms with Crippen molar-refractivity contribution in [3.05, 3.63) is 49.8 Å². The number of benzene rings is 1. The lowest BCUT2D eigenvalue weighted by Gasteiger charge is -2.08. The molecule has 2 rings (SSSR count). The van der Waals surface area contributed by atoms with E-state index in [1.807, 2.05) is 0 Å². The van der Waals surface area contributed by atoms with Crippen molar-refractivity contribution in [1.29, 1.82) is 0 Å². The molecule has 0 aliphatic rings. The van der Waals surface area contributed by atoms with Gasteiger partial charge in [0.1, 0.15) is 5.00 Å². The van der Waals surface area contributed by atoms with Crippen molar-refractivity contribution in [3.63, 3.8) is 0 Å². The molecule has 2 N–H and O–H groups in total. The summed E-state index contributed by atoms with van der Waals surface area (Å²) in [6.07, 6.45) is 0. The first-order chi connectivity index (χ1) is 12.3. The monoisotopic (exact) mass is 414 g/mol. The van der Waals surface area contributed by atoms with Crippen molar-refractivity contribution < 1.29 is 19.1 Å². The Morgan fingerprint density at radius 2 is 1.88 bits per heavy atom. The molecule has 0 saturated carbocycles. The highest BCUT2D eigenvalue weighted by atomic mass is 35.5. The zero-order chi connectivity index (χ0) is 19.4. The van der Waals surface area contributed by atoms with Crippen molar-refractivity contribution in [1.82, 2.24) is 5.32 Å². The second-order valence-electron chi connectivity index (χ2n) is 5.12. The zero-order valence-corrected chi connectivity index (χ0v) is 16.6. The van der Waals surface area contributed by atoms with Gasteiger partial charge in [-0.1, -0.05) is 29.3 Å². The van der Waals surface area contributed by atoms with Crippen LogP contribution >= 0.6 is 34.5 Å². The van der Waals surface area contributed by atoms with Gasteiger partial charge >= 0.3 is 5.97 Å². The first-order valence-electron chi connectivity index (χ1n) is 7.59. The van der Waals surface area contributed by atoms with E-state index in [2.05, 4.69) is 10.6 Å². The molecule has 0 bridgehead atoms. The summed E-state index contributed by atoms with van der Waals surface area (Å²) in [4.78, 5) is 37.2. The smallest absolute Gasteiger partial charge is 0.341 e. The predicted molar refractivity (Wildman–Crippen MR) is 103 cm³/mol. The van der Waals surface area contributed by atoms with Gasteiger partial charge in [-0.25, -0.2) is 4.79 Å². The van der Waals surface area contributed by atoms with Gasteiger partial charge in [0, 0.05) is 7.05 Å². The highest BCUT2D eigenvalue weighted by Gasteiger charge is 2.27. The van der Waals surface area contributed by atoms with Crippen molar-refractivity contribution >= 4 is 57.3 Å². The van der Waals surface area contributed by atoms with Crippen LogP contribution in [0.1, 0.15) is 42.9 Å². The maximum Gasteiger partial charge on any atom is 0.341 e. The number of amides is 2. The maximum atomic E-state index is 12.6. The molecule has 0 aliphatic carbocycles. The molecule has 0 spiro atoms. The third kappa shape index (κ3) is 4.00. The highest BCUT2D eigenvalue weighted by molar-refractivity contribution is 7.18. The molecule has 0 unspecified atom stereocenters. The molecule has 2 aromatic rings. The minimum Gasteiger partial charge on any atom is -0.462 e. The van der Waals surface area contributed by atoms with Gasteiger partial charge < -0.3 is 15.4 Å². The summed E-state index contributed by atoms with van der Waals surface area (Å²) >= 11 is 13.0. The summed E-state index contributed by atoms with van der Waals surface area (Å²) < 4.78 is 5.04. The number of carbonyl (C=O) groups excluding carboxylic acids is 3. The van der Waals surface area contributed by atoms with Crippen LogP contribution in [-0.2, 0) is 4.74 Å². The van der Waals surface area contributed by atoms with Gasteiger partial charge in [0.25, 0.3) is 11.8 Å². The lowest BCUT2D eigenvalue weighted by atomic mass is 10.1. The lowest BCUT2D eigenvalue weighted by Crippen LogP contribution is -2.18. The largest absolute Gasteiger partial charge is 0.462 e. The summed E-state index contributed by atoms with van der Waals surface area (Å²) in [7, 11) is 1.48. The fraction of sp³-hybridized carbons (Fsp3) is 0.235. The summed E-state index contributed by atoms with van der Waals surface area (Å²) in [5, 5.41) is 5.68. The number of thiophene rings is 1. The molecule has 0 aliphatic heterocycles. The quantitative estimate of drug-likeness (QED) is 0.719. The van der Waals surface area contributed by atoms with E-state index in [9.17, 15) is 14.4 Å². The predicted octanol–water partition coefficient (Wildman–Crippen LogP) is 4.15. The molecular weight excluding hydrogens is 399 g/mol. The number of carbonyl (C=O) groups is 3. The topological polar surface area (TPSA) is 84.5 Å². The van der Waals surface area contributed by atoms with Crippen LogP contribution in [-0.4, -0.2) is 31.4 Å². The SMILES string of the molecule is CCOC(=O)c1c(NC(=O)c2cccc(Cl)c2Cl)sc(C(=O)NC)c1C. The Morgan fingerprint density at radius 3 is 2.50 bits per heavy atom. The van der Waals surface area contributed by atoms with E-state index >= 15 is 0 Å². The van der Waals surface area contributed by atoms with Crippen LogP contribution in [0.15, 0.2) is 18.2 Å². The lowest BCUT2D eigenvalue weighted by molar-refractivity contribution is 0.0527. The van der Waals surface area contributed by atoms with Crippen LogP contribution in [0.2, 0.25) is 10.0 Å². The van der Waals surface area contributed by atoms with E-state index in [0.717, 1.165) is 11.3 Å². The first kappa shape index (κ1) is 20.2. The molecule has 0 fully saturated rings. The summed E-state index contributed by atoms with van der Waals surface area (Å²) in [5.41, 5.74) is 0.726. The molecule has 6 nitrogen and oxygen atoms in total. The van der Waals surface area contributed by atoms with Crippen LogP contribution in [0.5, 0.6) is 0 Å². The average molecular weight is 415 g/mol. The van der Waals surface area contributed by atoms with Crippen LogP contribution < -0.4 is 10.6 Å². The van der Waals surface area contributed by atoms with Crippen LogP contribution in [0, 0.1) is 6.92 Å². The van der Waals surface area contributed by atoms with Crippen molar-refractivity contribution in [3.8, 4) is 0 Å². The maximum absolute atomic E-state index is 12.6. The molecule has 1 heterocycles. The van der Waals surface area contributed by atoms with Crippen molar-refractivity contribution in [2.24, 2.45) is 0 Å². The van der Waals surface area contributed by atoms with Crippen LogP contribution in [0.25, 0.3) is 0 Å². The van der Waals surface area contributed by atoms with Gasteiger partial charge in [-0.3, -0.25) is 9.59 Å². The Morgan fingerprint density at radius 1 is 1.19 bits per heavy atom. The second kappa shape index (κ2) is 8.53. The van der Waals surface area contributed by atoms with Crippen molar-refractivity contribution in [2.45, 2.75) is 13.8 Å². The summed E-state index contributed by atoms with van der Waals surface area (Å²) in [6, 6.07) is 4.66. The Hall–Kier alpha value is -2.09. The molecule has 0 saturated heterocycles. The number of nitrogens with one attached hydrogen (secondary N) is 2. The molecule has 0 atom stereocenters. The first-order valence-corrected chi connectivity index (χ1v) is 9.16. The fourth-order valence-electron chi connectivity index (χ4n) is 2.23. The minimum absolute atomic E-state index is 0.101. The number of hydrogen-bond donors (Lipinski definition) is 2. The van der Waals surface area contributed by atoms with Crippen LogP contribution in [0.4, 0.5) is 5.00 Å². The molecule has 26 heavy (non-hydrogen) atoms. The fourth-order valence-corrected chi connectivity index (χ4v) is 3.75. The van der Waals surface area contributed by atoms with E-state index in [1.54, 1.807) is 26.0 Å². The van der Waals surface area contributed by atoms with Gasteiger partial charge in [0.05, 0.1) is 32.7 Å². The second-order valence-corrected chi connectivity index (χ2v) is 6.92. The number of rotatable bonds is 5. The normalized spacial score (nSPS) is 10.3. The molecule has 1 aromatic heterocycles. The third-order valence-corrected chi connectivity index (χ3v) is 5.51.